The highest BCUT2D eigenvalue weighted by molar-refractivity contribution is 7.79. The van der Waals surface area contributed by atoms with Crippen LogP contribution in [0.15, 0.2) is 72.8 Å². The first kappa shape index (κ1) is 26.4. The van der Waals surface area contributed by atoms with Crippen LogP contribution in [0.3, 0.4) is 0 Å². The molecule has 6 N–H and O–H groups in total. The highest BCUT2D eigenvalue weighted by Gasteiger charge is 2.26. The smallest absolute Gasteiger partial charge is 0.394 e. The minimum Gasteiger partial charge on any atom is -0.396 e. The van der Waals surface area contributed by atoms with E-state index in [1.165, 1.54) is 0 Å². The van der Waals surface area contributed by atoms with Crippen molar-refractivity contribution in [1.29, 1.82) is 0 Å². The summed E-state index contributed by atoms with van der Waals surface area (Å²) in [6.07, 6.45) is 0. The molecule has 0 unspecified atom stereocenters. The number of aliphatic hydroxyl groups is 4. The Bertz CT molecular complexity index is 491. The molecule has 0 heterocycles. The predicted octanol–water partition coefficient (Wildman–Crippen LogP) is 0.662. The molecular weight excluding hydrogens is 364 g/mol. The van der Waals surface area contributed by atoms with Crippen molar-refractivity contribution in [1.82, 2.24) is 0 Å². The van der Waals surface area contributed by atoms with Crippen molar-refractivity contribution in [2.45, 2.75) is 0 Å². The second-order valence-corrected chi connectivity index (χ2v) is 5.79. The Morgan fingerprint density at radius 3 is 0.654 bits per heavy atom. The lowest BCUT2D eigenvalue weighted by molar-refractivity contribution is -0.0328. The molecule has 0 amide bonds. The Balaban J connectivity index is 0. The number of aliphatic hydroxyl groups excluding tert-OH is 4. The molecule has 0 saturated heterocycles. The van der Waals surface area contributed by atoms with Crippen molar-refractivity contribution in [3.63, 3.8) is 0 Å². The summed E-state index contributed by atoms with van der Waals surface area (Å²) in [6.45, 7) is -1.62. The van der Waals surface area contributed by atoms with E-state index < -0.39 is 42.2 Å². The third-order valence-electron chi connectivity index (χ3n) is 2.67. The average molecular weight is 390 g/mol. The number of hydrogen-bond donors (Lipinski definition) is 6. The van der Waals surface area contributed by atoms with Gasteiger partial charge in [-0.2, -0.15) is 8.42 Å². The molecule has 9 heteroatoms. The highest BCUT2D eigenvalue weighted by Crippen LogP contribution is 2.11. The fourth-order valence-electron chi connectivity index (χ4n) is 1.07. The van der Waals surface area contributed by atoms with E-state index in [4.69, 9.17) is 37.9 Å². The lowest BCUT2D eigenvalue weighted by Gasteiger charge is -2.23. The van der Waals surface area contributed by atoms with E-state index in [0.717, 1.165) is 0 Å². The van der Waals surface area contributed by atoms with Crippen LogP contribution in [0.2, 0.25) is 0 Å². The summed E-state index contributed by atoms with van der Waals surface area (Å²) in [5.74, 6) is 0. The van der Waals surface area contributed by atoms with Gasteiger partial charge in [-0.1, -0.05) is 72.8 Å². The van der Waals surface area contributed by atoms with Crippen LogP contribution in [0.4, 0.5) is 0 Å². The monoisotopic (exact) mass is 390 g/mol. The van der Waals surface area contributed by atoms with E-state index in [2.05, 4.69) is 0 Å². The zero-order valence-corrected chi connectivity index (χ0v) is 15.0. The second kappa shape index (κ2) is 16.6. The minimum atomic E-state index is -4.67. The Hall–Kier alpha value is -1.85. The average Bonchev–Trinajstić information content (AvgIpc) is 2.67. The van der Waals surface area contributed by atoms with E-state index in [0.29, 0.717) is 0 Å². The van der Waals surface area contributed by atoms with Crippen molar-refractivity contribution in [3.05, 3.63) is 72.8 Å². The van der Waals surface area contributed by atoms with Gasteiger partial charge in [-0.15, -0.1) is 0 Å². The van der Waals surface area contributed by atoms with Crippen LogP contribution in [-0.4, -0.2) is 64.4 Å². The molecular formula is C17H26O8S. The summed E-state index contributed by atoms with van der Waals surface area (Å²) >= 11 is 0. The Morgan fingerprint density at radius 1 is 0.500 bits per heavy atom. The first-order valence-corrected chi connectivity index (χ1v) is 8.77. The lowest BCUT2D eigenvalue weighted by atomic mass is 9.93. The number of benzene rings is 2. The van der Waals surface area contributed by atoms with Crippen molar-refractivity contribution in [3.8, 4) is 0 Å². The topological polar surface area (TPSA) is 156 Å². The van der Waals surface area contributed by atoms with Gasteiger partial charge in [-0.3, -0.25) is 9.11 Å². The van der Waals surface area contributed by atoms with Crippen molar-refractivity contribution < 1.29 is 37.9 Å². The third kappa shape index (κ3) is 20.2. The van der Waals surface area contributed by atoms with E-state index in [9.17, 15) is 0 Å². The van der Waals surface area contributed by atoms with Crippen LogP contribution >= 0.6 is 0 Å². The number of hydrogen-bond acceptors (Lipinski definition) is 6. The molecule has 0 atom stereocenters. The van der Waals surface area contributed by atoms with Crippen LogP contribution in [0.1, 0.15) is 0 Å². The van der Waals surface area contributed by atoms with Gasteiger partial charge in [0.2, 0.25) is 0 Å². The summed E-state index contributed by atoms with van der Waals surface area (Å²) in [7, 11) is -4.67. The maximum atomic E-state index is 8.74. The van der Waals surface area contributed by atoms with E-state index in [1.54, 1.807) is 0 Å². The van der Waals surface area contributed by atoms with E-state index in [1.807, 2.05) is 72.8 Å². The third-order valence-corrected chi connectivity index (χ3v) is 2.67. The number of rotatable bonds is 4. The van der Waals surface area contributed by atoms with Crippen molar-refractivity contribution in [2.24, 2.45) is 5.41 Å². The van der Waals surface area contributed by atoms with Crippen LogP contribution in [0, 0.1) is 5.41 Å². The highest BCUT2D eigenvalue weighted by atomic mass is 32.3. The summed E-state index contributed by atoms with van der Waals surface area (Å²) in [4.78, 5) is 0. The normalized spacial score (nSPS) is 10.1. The molecule has 0 saturated carbocycles. The van der Waals surface area contributed by atoms with Crippen LogP contribution in [0.5, 0.6) is 0 Å². The van der Waals surface area contributed by atoms with Crippen LogP contribution in [0.25, 0.3) is 0 Å². The van der Waals surface area contributed by atoms with Crippen LogP contribution < -0.4 is 0 Å². The summed E-state index contributed by atoms with van der Waals surface area (Å²) in [6, 6.07) is 24.0. The van der Waals surface area contributed by atoms with Gasteiger partial charge in [-0.25, -0.2) is 0 Å². The lowest BCUT2D eigenvalue weighted by Crippen LogP contribution is -2.37. The molecule has 26 heavy (non-hydrogen) atoms. The van der Waals surface area contributed by atoms with Gasteiger partial charge in [0.15, 0.2) is 0 Å². The fraction of sp³-hybridized carbons (Fsp3) is 0.294. The van der Waals surface area contributed by atoms with Gasteiger partial charge < -0.3 is 20.4 Å². The molecule has 0 radical (unpaired) electrons. The molecule has 0 fully saturated rings. The molecule has 0 aliphatic carbocycles. The van der Waals surface area contributed by atoms with Gasteiger partial charge in [-0.05, 0) is 0 Å². The van der Waals surface area contributed by atoms with E-state index in [-0.39, 0.29) is 0 Å². The van der Waals surface area contributed by atoms with Crippen molar-refractivity contribution in [2.75, 3.05) is 26.4 Å². The summed E-state index contributed by atoms with van der Waals surface area (Å²) in [5, 5.41) is 34.0. The van der Waals surface area contributed by atoms with Crippen LogP contribution in [-0.2, 0) is 10.4 Å². The molecule has 0 aliphatic rings. The molecule has 0 spiro atoms. The SMILES string of the molecule is O=S(=O)(O)O.OCC(CO)(CO)CO.c1ccccc1.c1ccccc1. The molecule has 0 bridgehead atoms. The Kier molecular flexibility index (Phi) is 16.9. The predicted molar refractivity (Wildman–Crippen MR) is 97.8 cm³/mol. The molecule has 148 valence electrons. The summed E-state index contributed by atoms with van der Waals surface area (Å²) < 4.78 is 31.6. The quantitative estimate of drug-likeness (QED) is 0.416. The molecule has 2 rings (SSSR count). The molecule has 2 aromatic carbocycles. The molecule has 0 aliphatic heterocycles. The largest absolute Gasteiger partial charge is 0.396 e. The fourth-order valence-corrected chi connectivity index (χ4v) is 1.07. The van der Waals surface area contributed by atoms with E-state index >= 15 is 0 Å². The first-order chi connectivity index (χ1) is 12.2. The molecule has 0 aromatic heterocycles. The van der Waals surface area contributed by atoms with Gasteiger partial charge in [0.05, 0.1) is 31.8 Å². The Labute approximate surface area is 153 Å². The zero-order valence-electron chi connectivity index (χ0n) is 14.2. The zero-order chi connectivity index (χ0) is 20.3. The van der Waals surface area contributed by atoms with Gasteiger partial charge in [0.1, 0.15) is 0 Å². The second-order valence-electron chi connectivity index (χ2n) is 4.89. The molecule has 2 aromatic rings. The molecule has 8 nitrogen and oxygen atoms in total. The Morgan fingerprint density at radius 2 is 0.615 bits per heavy atom. The minimum absolute atomic E-state index is 0.406. The van der Waals surface area contributed by atoms with Gasteiger partial charge >= 0.3 is 10.4 Å². The van der Waals surface area contributed by atoms with Crippen molar-refractivity contribution >= 4 is 10.4 Å². The maximum Gasteiger partial charge on any atom is 0.394 e. The summed E-state index contributed by atoms with van der Waals surface area (Å²) in [5.41, 5.74) is -1.11. The maximum absolute atomic E-state index is 8.74. The first-order valence-electron chi connectivity index (χ1n) is 7.38. The van der Waals surface area contributed by atoms with Gasteiger partial charge in [0, 0.05) is 0 Å². The standard InChI is InChI=1S/2C6H6.C5H12O4.H2O4S/c2*1-2-4-6-5-3-1;6-1-5(2-7,3-8)4-9;1-5(2,3)4/h2*1-6H;6-9H,1-4H2;(H2,1,2,3,4). The van der Waals surface area contributed by atoms with Gasteiger partial charge in [0.25, 0.3) is 0 Å².